The Bertz CT molecular complexity index is 1490. The van der Waals surface area contributed by atoms with Crippen LogP contribution in [0.3, 0.4) is 0 Å². The zero-order valence-corrected chi connectivity index (χ0v) is 20.5. The summed E-state index contributed by atoms with van der Waals surface area (Å²) in [7, 11) is -3.32. The molecule has 1 atom stereocenters. The lowest BCUT2D eigenvalue weighted by molar-refractivity contribution is -0.141. The molecule has 8 heteroatoms. The van der Waals surface area contributed by atoms with Gasteiger partial charge in [0.1, 0.15) is 24.1 Å². The zero-order valence-electron chi connectivity index (χ0n) is 19.7. The molecule has 7 nitrogen and oxygen atoms in total. The molecule has 34 heavy (non-hydrogen) atoms. The summed E-state index contributed by atoms with van der Waals surface area (Å²) in [5.74, 6) is 0.123. The molecular formula is C26H28N2O5S. The van der Waals surface area contributed by atoms with Crippen molar-refractivity contribution < 1.29 is 22.6 Å². The van der Waals surface area contributed by atoms with Gasteiger partial charge in [-0.05, 0) is 67.8 Å². The number of nitrogens with zero attached hydrogens (tertiary/aromatic N) is 1. The molecule has 0 aliphatic carbocycles. The lowest BCUT2D eigenvalue weighted by atomic mass is 9.99. The number of benzene rings is 2. The van der Waals surface area contributed by atoms with Crippen LogP contribution in [0.5, 0.6) is 5.75 Å². The fourth-order valence-electron chi connectivity index (χ4n) is 4.38. The smallest absolute Gasteiger partial charge is 0.178 e. The molecule has 2 aromatic carbocycles. The molecule has 1 fully saturated rings. The number of hydrogen-bond donors (Lipinski definition) is 1. The normalized spacial score (nSPS) is 18.1. The number of fused-ring (bicyclic) bond motifs is 3. The molecule has 1 aliphatic rings. The van der Waals surface area contributed by atoms with Crippen molar-refractivity contribution in [1.82, 2.24) is 9.97 Å². The van der Waals surface area contributed by atoms with Gasteiger partial charge in [-0.25, -0.2) is 13.4 Å². The Morgan fingerprint density at radius 1 is 1.21 bits per heavy atom. The van der Waals surface area contributed by atoms with Crippen molar-refractivity contribution in [3.8, 4) is 16.9 Å². The van der Waals surface area contributed by atoms with Gasteiger partial charge in [-0.15, -0.1) is 0 Å². The maximum absolute atomic E-state index is 12.5. The van der Waals surface area contributed by atoms with Crippen LogP contribution in [0.15, 0.2) is 53.6 Å². The Labute approximate surface area is 199 Å². The highest BCUT2D eigenvalue weighted by Gasteiger charge is 2.33. The third-order valence-corrected chi connectivity index (χ3v) is 7.81. The second-order valence-electron chi connectivity index (χ2n) is 9.09. The molecule has 1 N–H and O–H groups in total. The van der Waals surface area contributed by atoms with Crippen LogP contribution in [0.2, 0.25) is 0 Å². The highest BCUT2D eigenvalue weighted by atomic mass is 32.2. The average molecular weight is 481 g/mol. The van der Waals surface area contributed by atoms with Crippen LogP contribution < -0.4 is 4.74 Å². The molecule has 2 aromatic heterocycles. The van der Waals surface area contributed by atoms with Crippen molar-refractivity contribution in [2.75, 3.05) is 19.0 Å². The molecule has 4 aromatic rings. The number of sulfone groups is 1. The first-order chi connectivity index (χ1) is 16.2. The molecule has 0 saturated carbocycles. The minimum Gasteiger partial charge on any atom is -0.489 e. The fraction of sp³-hybridized carbons (Fsp3) is 0.346. The van der Waals surface area contributed by atoms with E-state index in [0.29, 0.717) is 23.9 Å². The predicted molar refractivity (Wildman–Crippen MR) is 132 cm³/mol. The average Bonchev–Trinajstić information content (AvgIpc) is 3.37. The monoisotopic (exact) mass is 480 g/mol. The first-order valence-electron chi connectivity index (χ1n) is 11.4. The fourth-order valence-corrected chi connectivity index (χ4v) is 5.30. The van der Waals surface area contributed by atoms with Crippen molar-refractivity contribution in [3.05, 3.63) is 54.2 Å². The Morgan fingerprint density at radius 3 is 2.76 bits per heavy atom. The van der Waals surface area contributed by atoms with Gasteiger partial charge < -0.3 is 19.2 Å². The van der Waals surface area contributed by atoms with Crippen LogP contribution in [-0.4, -0.2) is 49.2 Å². The number of rotatable bonds is 6. The highest BCUT2D eigenvalue weighted by molar-refractivity contribution is 7.91. The molecule has 178 valence electrons. The van der Waals surface area contributed by atoms with Crippen LogP contribution in [0.4, 0.5) is 0 Å². The van der Waals surface area contributed by atoms with Gasteiger partial charge in [-0.2, -0.15) is 0 Å². The molecule has 5 rings (SSSR count). The summed E-state index contributed by atoms with van der Waals surface area (Å²) in [5, 5.41) is 1.90. The SMILES string of the molecule is CCS(=O)(=O)c1cccc(-c2ccc(OCC3COC(C)(C)O3)c3[nH]c4ncc(C)cc4c23)c1. The summed E-state index contributed by atoms with van der Waals surface area (Å²) in [6.45, 7) is 8.25. The van der Waals surface area contributed by atoms with Crippen molar-refractivity contribution in [2.24, 2.45) is 0 Å². The van der Waals surface area contributed by atoms with E-state index in [9.17, 15) is 8.42 Å². The van der Waals surface area contributed by atoms with Crippen LogP contribution >= 0.6 is 0 Å². The number of aromatic amines is 1. The molecule has 0 spiro atoms. The molecular weight excluding hydrogens is 452 g/mol. The third kappa shape index (κ3) is 4.17. The number of H-pyrrole nitrogens is 1. The van der Waals surface area contributed by atoms with E-state index in [0.717, 1.165) is 38.6 Å². The quantitative estimate of drug-likeness (QED) is 0.417. The second-order valence-corrected chi connectivity index (χ2v) is 11.4. The van der Waals surface area contributed by atoms with Gasteiger partial charge in [-0.1, -0.05) is 19.1 Å². The summed E-state index contributed by atoms with van der Waals surface area (Å²) in [6.07, 6.45) is 1.66. The van der Waals surface area contributed by atoms with E-state index in [4.69, 9.17) is 14.2 Å². The van der Waals surface area contributed by atoms with Crippen molar-refractivity contribution in [2.45, 2.75) is 44.5 Å². The summed E-state index contributed by atoms with van der Waals surface area (Å²) in [4.78, 5) is 8.29. The predicted octanol–water partition coefficient (Wildman–Crippen LogP) is 5.02. The molecule has 1 aliphatic heterocycles. The van der Waals surface area contributed by atoms with Crippen molar-refractivity contribution in [1.29, 1.82) is 0 Å². The number of aryl methyl sites for hydroxylation is 1. The van der Waals surface area contributed by atoms with E-state index in [1.165, 1.54) is 0 Å². The van der Waals surface area contributed by atoms with Gasteiger partial charge in [0.15, 0.2) is 15.6 Å². The maximum atomic E-state index is 12.5. The molecule has 0 amide bonds. The zero-order chi connectivity index (χ0) is 24.1. The van der Waals surface area contributed by atoms with Gasteiger partial charge in [0, 0.05) is 17.0 Å². The largest absolute Gasteiger partial charge is 0.489 e. The van der Waals surface area contributed by atoms with Crippen molar-refractivity contribution in [3.63, 3.8) is 0 Å². The molecule has 0 bridgehead atoms. The van der Waals surface area contributed by atoms with Gasteiger partial charge >= 0.3 is 0 Å². The molecule has 3 heterocycles. The van der Waals surface area contributed by atoms with Gasteiger partial charge in [0.2, 0.25) is 0 Å². The van der Waals surface area contributed by atoms with Gasteiger partial charge in [-0.3, -0.25) is 0 Å². The van der Waals surface area contributed by atoms with Crippen molar-refractivity contribution >= 4 is 31.8 Å². The lowest BCUT2D eigenvalue weighted by Gasteiger charge is -2.17. The number of ether oxygens (including phenoxy) is 3. The van der Waals surface area contributed by atoms with Crippen LogP contribution in [0.25, 0.3) is 33.1 Å². The standard InChI is InChI=1S/C26H28N2O5S/c1-5-34(29,30)19-8-6-7-17(12-19)20-9-10-22(31-14-18-15-32-26(3,4)33-18)24-23(20)21-11-16(2)13-27-25(21)28-24/h6-13,18H,5,14-15H2,1-4H3,(H,27,28). The molecule has 0 radical (unpaired) electrons. The Hall–Kier alpha value is -2.94. The molecule has 1 unspecified atom stereocenters. The summed E-state index contributed by atoms with van der Waals surface area (Å²) in [6, 6.07) is 13.1. The third-order valence-electron chi connectivity index (χ3n) is 6.08. The first-order valence-corrected chi connectivity index (χ1v) is 13.0. The van der Waals surface area contributed by atoms with Crippen LogP contribution in [0, 0.1) is 6.92 Å². The van der Waals surface area contributed by atoms with E-state index < -0.39 is 15.6 Å². The van der Waals surface area contributed by atoms with E-state index in [-0.39, 0.29) is 11.9 Å². The summed E-state index contributed by atoms with van der Waals surface area (Å²) >= 11 is 0. The van der Waals surface area contributed by atoms with Crippen LogP contribution in [-0.2, 0) is 19.3 Å². The van der Waals surface area contributed by atoms with E-state index in [1.807, 2.05) is 45.2 Å². The number of aromatic nitrogens is 2. The van der Waals surface area contributed by atoms with Gasteiger partial charge in [0.25, 0.3) is 0 Å². The topological polar surface area (TPSA) is 90.5 Å². The maximum Gasteiger partial charge on any atom is 0.178 e. The number of hydrogen-bond acceptors (Lipinski definition) is 6. The van der Waals surface area contributed by atoms with E-state index in [1.54, 1.807) is 25.1 Å². The Morgan fingerprint density at radius 2 is 2.03 bits per heavy atom. The van der Waals surface area contributed by atoms with E-state index in [2.05, 4.69) is 16.0 Å². The summed E-state index contributed by atoms with van der Waals surface area (Å²) in [5.41, 5.74) is 4.33. The minimum absolute atomic E-state index is 0.0542. The first kappa shape index (κ1) is 22.8. The molecule has 1 saturated heterocycles. The number of pyridine rings is 1. The Kier molecular flexibility index (Phi) is 5.62. The van der Waals surface area contributed by atoms with Gasteiger partial charge in [0.05, 0.1) is 22.8 Å². The minimum atomic E-state index is -3.32. The lowest BCUT2D eigenvalue weighted by Crippen LogP contribution is -2.25. The summed E-state index contributed by atoms with van der Waals surface area (Å²) < 4.78 is 42.7. The second kappa shape index (κ2) is 8.37. The Balaban J connectivity index is 1.63. The van der Waals surface area contributed by atoms with E-state index >= 15 is 0 Å². The highest BCUT2D eigenvalue weighted by Crippen LogP contribution is 2.39. The number of nitrogens with one attached hydrogen (secondary N) is 1. The van der Waals surface area contributed by atoms with Crippen LogP contribution in [0.1, 0.15) is 26.3 Å².